The molecule has 1 amide bonds. The molecule has 3 atom stereocenters. The maximum Gasteiger partial charge on any atom is 0.410 e. The summed E-state index contributed by atoms with van der Waals surface area (Å²) in [7, 11) is 0. The molecule has 190 valence electrons. The van der Waals surface area contributed by atoms with Gasteiger partial charge in [0.1, 0.15) is 13.2 Å². The quantitative estimate of drug-likeness (QED) is 0.389. The molecule has 1 saturated heterocycles. The van der Waals surface area contributed by atoms with Crippen LogP contribution in [-0.2, 0) is 19.9 Å². The van der Waals surface area contributed by atoms with Gasteiger partial charge in [0.2, 0.25) is 0 Å². The molecule has 6 rings (SSSR count). The van der Waals surface area contributed by atoms with E-state index in [1.54, 1.807) is 0 Å². The first-order valence-electron chi connectivity index (χ1n) is 12.7. The number of likely N-dealkylation sites (tertiary alicyclic amines) is 1. The summed E-state index contributed by atoms with van der Waals surface area (Å²) in [6.45, 7) is 0.388. The van der Waals surface area contributed by atoms with Crippen LogP contribution < -0.4 is 0 Å². The molecular formula is C30H28BrNO5. The van der Waals surface area contributed by atoms with Crippen LogP contribution >= 0.6 is 15.9 Å². The lowest BCUT2D eigenvalue weighted by atomic mass is 9.72. The predicted octanol–water partition coefficient (Wildman–Crippen LogP) is 6.18. The van der Waals surface area contributed by atoms with Crippen molar-refractivity contribution in [3.63, 3.8) is 0 Å². The highest BCUT2D eigenvalue weighted by atomic mass is 79.9. The Kier molecular flexibility index (Phi) is 6.29. The molecule has 6 nitrogen and oxygen atoms in total. The van der Waals surface area contributed by atoms with E-state index in [4.69, 9.17) is 9.47 Å². The van der Waals surface area contributed by atoms with Crippen molar-refractivity contribution in [1.82, 2.24) is 4.90 Å². The monoisotopic (exact) mass is 561 g/mol. The van der Waals surface area contributed by atoms with Gasteiger partial charge in [-0.15, -0.1) is 0 Å². The minimum Gasteiger partial charge on any atom is -0.480 e. The van der Waals surface area contributed by atoms with Gasteiger partial charge in [-0.25, -0.2) is 9.59 Å². The Morgan fingerprint density at radius 2 is 1.70 bits per heavy atom. The SMILES string of the molecule is O=C(O)COC1(c2cccc(Br)c2)CCC2CC1CN2C(=O)OCC1c2ccccc2-c2ccccc21. The van der Waals surface area contributed by atoms with E-state index < -0.39 is 11.6 Å². The third kappa shape index (κ3) is 4.24. The molecule has 2 aliphatic carbocycles. The first kappa shape index (κ1) is 24.2. The molecule has 2 bridgehead atoms. The number of nitrogens with zero attached hydrogens (tertiary/aromatic N) is 1. The summed E-state index contributed by atoms with van der Waals surface area (Å²) < 4.78 is 13.0. The zero-order valence-corrected chi connectivity index (χ0v) is 21.9. The van der Waals surface area contributed by atoms with Gasteiger partial charge in [-0.1, -0.05) is 76.6 Å². The van der Waals surface area contributed by atoms with Crippen LogP contribution in [0.3, 0.4) is 0 Å². The van der Waals surface area contributed by atoms with E-state index in [-0.39, 0.29) is 37.2 Å². The molecule has 2 fully saturated rings. The van der Waals surface area contributed by atoms with Gasteiger partial charge in [-0.3, -0.25) is 0 Å². The fraction of sp³-hybridized carbons (Fsp3) is 0.333. The second-order valence-corrected chi connectivity index (χ2v) is 11.1. The Labute approximate surface area is 224 Å². The number of carboxylic acid groups (broad SMARTS) is 1. The van der Waals surface area contributed by atoms with Gasteiger partial charge in [-0.05, 0) is 59.2 Å². The van der Waals surface area contributed by atoms with Crippen molar-refractivity contribution in [2.75, 3.05) is 19.8 Å². The zero-order chi connectivity index (χ0) is 25.6. The maximum absolute atomic E-state index is 13.4. The predicted molar refractivity (Wildman–Crippen MR) is 142 cm³/mol. The lowest BCUT2D eigenvalue weighted by molar-refractivity contribution is -0.158. The summed E-state index contributed by atoms with van der Waals surface area (Å²) in [6.07, 6.45) is 1.83. The normalized spacial score (nSPS) is 24.0. The fourth-order valence-corrected chi connectivity index (χ4v) is 7.01. The first-order chi connectivity index (χ1) is 18.0. The molecule has 1 heterocycles. The lowest BCUT2D eigenvalue weighted by Crippen LogP contribution is -2.42. The van der Waals surface area contributed by atoms with Crippen LogP contribution in [0.2, 0.25) is 0 Å². The van der Waals surface area contributed by atoms with Crippen molar-refractivity contribution in [2.24, 2.45) is 5.92 Å². The minimum absolute atomic E-state index is 0.0120. The number of benzene rings is 3. The Balaban J connectivity index is 1.20. The van der Waals surface area contributed by atoms with Crippen LogP contribution in [0.25, 0.3) is 11.1 Å². The molecule has 37 heavy (non-hydrogen) atoms. The maximum atomic E-state index is 13.4. The highest BCUT2D eigenvalue weighted by Crippen LogP contribution is 2.51. The summed E-state index contributed by atoms with van der Waals surface area (Å²) in [4.78, 5) is 26.7. The number of fused-ring (bicyclic) bond motifs is 5. The molecule has 1 N–H and O–H groups in total. The number of hydrogen-bond acceptors (Lipinski definition) is 4. The van der Waals surface area contributed by atoms with E-state index >= 15 is 0 Å². The average Bonchev–Trinajstić information content (AvgIpc) is 3.43. The largest absolute Gasteiger partial charge is 0.480 e. The standard InChI is InChI=1S/C30H28BrNO5/c31-21-7-5-6-19(14-21)30(37-18-28(33)34)13-12-22-15-20(30)16-32(22)29(35)36-17-27-25-10-3-1-8-23(25)24-9-2-4-11-26(24)27/h1-11,14,20,22,27H,12-13,15-18H2,(H,33,34). The minimum atomic E-state index is -0.997. The molecule has 0 radical (unpaired) electrons. The summed E-state index contributed by atoms with van der Waals surface area (Å²) in [6, 6.07) is 24.5. The summed E-state index contributed by atoms with van der Waals surface area (Å²) in [5.74, 6) is -0.999. The molecule has 1 aliphatic heterocycles. The molecule has 3 aromatic carbocycles. The zero-order valence-electron chi connectivity index (χ0n) is 20.3. The number of ether oxygens (including phenoxy) is 2. The van der Waals surface area contributed by atoms with E-state index in [1.165, 1.54) is 22.3 Å². The lowest BCUT2D eigenvalue weighted by Gasteiger charge is -2.41. The van der Waals surface area contributed by atoms with Gasteiger partial charge < -0.3 is 19.5 Å². The first-order valence-corrected chi connectivity index (χ1v) is 13.5. The van der Waals surface area contributed by atoms with Crippen LogP contribution in [0.5, 0.6) is 0 Å². The summed E-state index contributed by atoms with van der Waals surface area (Å²) in [5.41, 5.74) is 4.97. The Morgan fingerprint density at radius 3 is 2.38 bits per heavy atom. The molecule has 1 saturated carbocycles. The van der Waals surface area contributed by atoms with Crippen molar-refractivity contribution in [1.29, 1.82) is 0 Å². The van der Waals surface area contributed by atoms with E-state index in [9.17, 15) is 14.7 Å². The van der Waals surface area contributed by atoms with Crippen molar-refractivity contribution >= 4 is 28.0 Å². The van der Waals surface area contributed by atoms with Crippen LogP contribution in [-0.4, -0.2) is 47.9 Å². The van der Waals surface area contributed by atoms with Gasteiger partial charge in [-0.2, -0.15) is 0 Å². The number of aliphatic carboxylic acids is 1. The molecule has 0 spiro atoms. The van der Waals surface area contributed by atoms with E-state index in [0.29, 0.717) is 13.0 Å². The van der Waals surface area contributed by atoms with Crippen molar-refractivity contribution in [3.8, 4) is 11.1 Å². The third-order valence-electron chi connectivity index (χ3n) is 8.26. The number of carbonyl (C=O) groups excluding carboxylic acids is 1. The highest BCUT2D eigenvalue weighted by molar-refractivity contribution is 9.10. The van der Waals surface area contributed by atoms with E-state index in [0.717, 1.165) is 22.9 Å². The van der Waals surface area contributed by atoms with E-state index in [1.807, 2.05) is 53.4 Å². The second-order valence-electron chi connectivity index (χ2n) is 10.2. The summed E-state index contributed by atoms with van der Waals surface area (Å²) >= 11 is 3.54. The number of carboxylic acids is 1. The summed E-state index contributed by atoms with van der Waals surface area (Å²) in [5, 5.41) is 9.36. The molecule has 7 heteroatoms. The molecule has 0 aromatic heterocycles. The van der Waals surface area contributed by atoms with Gasteiger partial charge in [0.15, 0.2) is 0 Å². The topological polar surface area (TPSA) is 76.1 Å². The Morgan fingerprint density at radius 1 is 1.00 bits per heavy atom. The van der Waals surface area contributed by atoms with E-state index in [2.05, 4.69) is 40.2 Å². The average molecular weight is 562 g/mol. The number of hydrogen-bond donors (Lipinski definition) is 1. The number of carbonyl (C=O) groups is 2. The van der Waals surface area contributed by atoms with Crippen LogP contribution in [0.4, 0.5) is 4.79 Å². The Hall–Kier alpha value is -3.16. The van der Waals surface area contributed by atoms with Crippen molar-refractivity contribution in [3.05, 3.63) is 94.0 Å². The highest BCUT2D eigenvalue weighted by Gasteiger charge is 2.53. The van der Waals surface area contributed by atoms with Crippen molar-refractivity contribution < 1.29 is 24.2 Å². The van der Waals surface area contributed by atoms with Crippen molar-refractivity contribution in [2.45, 2.75) is 36.8 Å². The molecule has 3 aliphatic rings. The smallest absolute Gasteiger partial charge is 0.410 e. The molecule has 3 unspecified atom stereocenters. The van der Waals surface area contributed by atoms with Gasteiger partial charge in [0, 0.05) is 28.9 Å². The number of halogens is 1. The van der Waals surface area contributed by atoms with Gasteiger partial charge in [0.05, 0.1) is 5.60 Å². The third-order valence-corrected chi connectivity index (χ3v) is 8.75. The van der Waals surface area contributed by atoms with Crippen LogP contribution in [0.1, 0.15) is 41.9 Å². The Bertz CT molecular complexity index is 1310. The molecular weight excluding hydrogens is 534 g/mol. The number of amides is 1. The van der Waals surface area contributed by atoms with Crippen LogP contribution in [0.15, 0.2) is 77.3 Å². The number of rotatable bonds is 6. The van der Waals surface area contributed by atoms with Gasteiger partial charge >= 0.3 is 12.1 Å². The fourth-order valence-electron chi connectivity index (χ4n) is 6.61. The second kappa shape index (κ2) is 9.62. The molecule has 3 aromatic rings. The van der Waals surface area contributed by atoms with Gasteiger partial charge in [0.25, 0.3) is 0 Å². The van der Waals surface area contributed by atoms with Crippen LogP contribution in [0, 0.1) is 5.92 Å².